The Morgan fingerprint density at radius 1 is 1.47 bits per heavy atom. The van der Waals surface area contributed by atoms with Gasteiger partial charge >= 0.3 is 6.03 Å². The van der Waals surface area contributed by atoms with Crippen molar-refractivity contribution in [1.29, 1.82) is 5.26 Å². The van der Waals surface area contributed by atoms with Crippen molar-refractivity contribution >= 4 is 28.5 Å². The third-order valence-corrected chi connectivity index (χ3v) is 2.94. The summed E-state index contributed by atoms with van der Waals surface area (Å²) in [6.45, 7) is 3.36. The van der Waals surface area contributed by atoms with Crippen LogP contribution in [0.1, 0.15) is 19.4 Å². The number of amides is 3. The van der Waals surface area contributed by atoms with Crippen LogP contribution in [0.15, 0.2) is 0 Å². The highest BCUT2D eigenvalue weighted by Gasteiger charge is 2.29. The van der Waals surface area contributed by atoms with Gasteiger partial charge in [0.15, 0.2) is 5.56 Å². The van der Waals surface area contributed by atoms with Crippen LogP contribution in [0, 0.1) is 11.3 Å². The number of hydrogen-bond donors (Lipinski definition) is 0. The SMILES string of the molecule is CCOc1nsc(N(C(C)=O)C(=O)N(C)C)c1C#N. The normalized spacial score (nSPS) is 9.63. The zero-order chi connectivity index (χ0) is 14.6. The van der Waals surface area contributed by atoms with E-state index in [0.29, 0.717) is 6.61 Å². The summed E-state index contributed by atoms with van der Waals surface area (Å²) in [5.41, 5.74) is 0.0947. The summed E-state index contributed by atoms with van der Waals surface area (Å²) in [6, 6.07) is 1.38. The summed E-state index contributed by atoms with van der Waals surface area (Å²) >= 11 is 0.883. The molecule has 1 heterocycles. The lowest BCUT2D eigenvalue weighted by Crippen LogP contribution is -2.42. The lowest BCUT2D eigenvalue weighted by molar-refractivity contribution is -0.115. The summed E-state index contributed by atoms with van der Waals surface area (Å²) in [4.78, 5) is 25.8. The van der Waals surface area contributed by atoms with Gasteiger partial charge in [0.25, 0.3) is 0 Å². The maximum absolute atomic E-state index is 12.0. The number of hydrogen-bond acceptors (Lipinski definition) is 6. The highest BCUT2D eigenvalue weighted by atomic mass is 32.1. The molecule has 0 aromatic carbocycles. The molecule has 0 spiro atoms. The number of carbonyl (C=O) groups excluding carboxylic acids is 2. The van der Waals surface area contributed by atoms with Crippen molar-refractivity contribution in [3.05, 3.63) is 5.56 Å². The van der Waals surface area contributed by atoms with Gasteiger partial charge in [-0.3, -0.25) is 4.79 Å². The predicted octanol–water partition coefficient (Wildman–Crippen LogP) is 1.45. The number of ether oxygens (including phenoxy) is 1. The summed E-state index contributed by atoms with van der Waals surface area (Å²) in [5.74, 6) is -0.343. The molecule has 3 amide bonds. The number of rotatable bonds is 3. The molecular formula is C11H14N4O3S. The Bertz CT molecular complexity index is 533. The fourth-order valence-corrected chi connectivity index (χ4v) is 2.14. The van der Waals surface area contributed by atoms with E-state index in [2.05, 4.69) is 4.37 Å². The van der Waals surface area contributed by atoms with Gasteiger partial charge in [-0.05, 0) is 18.5 Å². The molecule has 102 valence electrons. The van der Waals surface area contributed by atoms with E-state index in [4.69, 9.17) is 10.00 Å². The van der Waals surface area contributed by atoms with Gasteiger partial charge in [-0.2, -0.15) is 9.64 Å². The van der Waals surface area contributed by atoms with Crippen LogP contribution >= 0.6 is 11.5 Å². The van der Waals surface area contributed by atoms with E-state index >= 15 is 0 Å². The Labute approximate surface area is 115 Å². The molecule has 1 aromatic rings. The molecule has 1 aromatic heterocycles. The highest BCUT2D eigenvalue weighted by molar-refractivity contribution is 7.11. The van der Waals surface area contributed by atoms with Crippen molar-refractivity contribution in [3.63, 3.8) is 0 Å². The Kier molecular flexibility index (Phi) is 4.83. The summed E-state index contributed by atoms with van der Waals surface area (Å²) in [6.07, 6.45) is 0. The molecule has 1 rings (SSSR count). The lowest BCUT2D eigenvalue weighted by atomic mass is 10.3. The Morgan fingerprint density at radius 2 is 2.11 bits per heavy atom. The van der Waals surface area contributed by atoms with E-state index in [9.17, 15) is 9.59 Å². The number of nitrogens with zero attached hydrogens (tertiary/aromatic N) is 4. The van der Waals surface area contributed by atoms with Crippen LogP contribution in [-0.2, 0) is 4.79 Å². The van der Waals surface area contributed by atoms with Crippen LogP contribution in [0.25, 0.3) is 0 Å². The van der Waals surface area contributed by atoms with Gasteiger partial charge in [0.2, 0.25) is 11.8 Å². The van der Waals surface area contributed by atoms with E-state index < -0.39 is 11.9 Å². The minimum absolute atomic E-state index is 0.0947. The van der Waals surface area contributed by atoms with E-state index in [-0.39, 0.29) is 16.4 Å². The molecule has 0 bridgehead atoms. The quantitative estimate of drug-likeness (QED) is 0.837. The topological polar surface area (TPSA) is 86.5 Å². The molecule has 0 saturated carbocycles. The first-order valence-corrected chi connectivity index (χ1v) is 6.25. The van der Waals surface area contributed by atoms with Crippen molar-refractivity contribution < 1.29 is 14.3 Å². The fourth-order valence-electron chi connectivity index (χ4n) is 1.32. The Hall–Kier alpha value is -2.14. The van der Waals surface area contributed by atoms with Crippen molar-refractivity contribution in [2.24, 2.45) is 0 Å². The third-order valence-electron chi connectivity index (χ3n) is 2.13. The van der Waals surface area contributed by atoms with Crippen molar-refractivity contribution in [2.45, 2.75) is 13.8 Å². The van der Waals surface area contributed by atoms with E-state index in [1.807, 2.05) is 6.07 Å². The van der Waals surface area contributed by atoms with Crippen LogP contribution in [-0.4, -0.2) is 41.9 Å². The Balaban J connectivity index is 3.29. The van der Waals surface area contributed by atoms with Gasteiger partial charge in [-0.15, -0.1) is 0 Å². The molecule has 7 nitrogen and oxygen atoms in total. The van der Waals surface area contributed by atoms with E-state index in [1.54, 1.807) is 6.92 Å². The van der Waals surface area contributed by atoms with Gasteiger partial charge < -0.3 is 9.64 Å². The highest BCUT2D eigenvalue weighted by Crippen LogP contribution is 2.33. The van der Waals surface area contributed by atoms with Crippen LogP contribution in [0.3, 0.4) is 0 Å². The minimum atomic E-state index is -0.532. The Morgan fingerprint density at radius 3 is 2.53 bits per heavy atom. The molecule has 0 unspecified atom stereocenters. The first-order valence-electron chi connectivity index (χ1n) is 5.48. The lowest BCUT2D eigenvalue weighted by Gasteiger charge is -2.21. The van der Waals surface area contributed by atoms with Gasteiger partial charge in [0, 0.05) is 21.0 Å². The monoisotopic (exact) mass is 282 g/mol. The van der Waals surface area contributed by atoms with Crippen molar-refractivity contribution in [2.75, 3.05) is 25.6 Å². The first kappa shape index (κ1) is 14.9. The number of urea groups is 1. The van der Waals surface area contributed by atoms with Crippen LogP contribution in [0.4, 0.5) is 9.80 Å². The second kappa shape index (κ2) is 6.15. The summed E-state index contributed by atoms with van der Waals surface area (Å²) in [5, 5.41) is 9.32. The smallest absolute Gasteiger partial charge is 0.331 e. The zero-order valence-electron chi connectivity index (χ0n) is 11.1. The zero-order valence-corrected chi connectivity index (χ0v) is 11.9. The standard InChI is InChI=1S/C11H14N4O3S/c1-5-18-9-8(6-12)10(19-13-9)15(7(2)16)11(17)14(3)4/h5H2,1-4H3. The van der Waals surface area contributed by atoms with Gasteiger partial charge in [-0.1, -0.05) is 0 Å². The predicted molar refractivity (Wildman–Crippen MR) is 70.2 cm³/mol. The molecule has 0 radical (unpaired) electrons. The van der Waals surface area contributed by atoms with Crippen molar-refractivity contribution in [1.82, 2.24) is 9.27 Å². The van der Waals surface area contributed by atoms with Crippen LogP contribution in [0.5, 0.6) is 5.88 Å². The van der Waals surface area contributed by atoms with Gasteiger partial charge in [-0.25, -0.2) is 9.69 Å². The van der Waals surface area contributed by atoms with Gasteiger partial charge in [0.1, 0.15) is 11.1 Å². The van der Waals surface area contributed by atoms with Crippen LogP contribution in [0.2, 0.25) is 0 Å². The fraction of sp³-hybridized carbons (Fsp3) is 0.455. The third kappa shape index (κ3) is 3.00. The molecular weight excluding hydrogens is 268 g/mol. The summed E-state index contributed by atoms with van der Waals surface area (Å²) < 4.78 is 9.15. The molecule has 0 atom stereocenters. The maximum Gasteiger partial charge on any atom is 0.331 e. The second-order valence-corrected chi connectivity index (χ2v) is 4.50. The average molecular weight is 282 g/mol. The van der Waals surface area contributed by atoms with E-state index in [1.165, 1.54) is 25.9 Å². The number of carbonyl (C=O) groups is 2. The molecule has 0 fully saturated rings. The molecule has 0 saturated heterocycles. The number of imide groups is 1. The molecule has 19 heavy (non-hydrogen) atoms. The maximum atomic E-state index is 12.0. The molecule has 0 aliphatic rings. The molecule has 8 heteroatoms. The number of nitriles is 1. The summed E-state index contributed by atoms with van der Waals surface area (Å²) in [7, 11) is 3.05. The van der Waals surface area contributed by atoms with Gasteiger partial charge in [0.05, 0.1) is 6.61 Å². The largest absolute Gasteiger partial charge is 0.476 e. The van der Waals surface area contributed by atoms with E-state index in [0.717, 1.165) is 16.4 Å². The average Bonchev–Trinajstić information content (AvgIpc) is 2.72. The second-order valence-electron chi connectivity index (χ2n) is 3.74. The molecule has 0 N–H and O–H groups in total. The molecule has 0 aliphatic heterocycles. The van der Waals surface area contributed by atoms with Crippen LogP contribution < -0.4 is 9.64 Å². The molecule has 0 aliphatic carbocycles. The minimum Gasteiger partial charge on any atom is -0.476 e. The van der Waals surface area contributed by atoms with Crippen molar-refractivity contribution in [3.8, 4) is 11.9 Å². The number of anilines is 1. The first-order chi connectivity index (χ1) is 8.93. The number of aromatic nitrogens is 1.